The molecule has 0 fully saturated rings. The van der Waals surface area contributed by atoms with E-state index in [0.717, 1.165) is 11.4 Å². The first-order chi connectivity index (χ1) is 9.58. The van der Waals surface area contributed by atoms with Crippen molar-refractivity contribution in [3.05, 3.63) is 54.0 Å². The molecule has 0 aliphatic heterocycles. The lowest BCUT2D eigenvalue weighted by molar-refractivity contribution is 0.0939. The first kappa shape index (κ1) is 14.0. The summed E-state index contributed by atoms with van der Waals surface area (Å²) in [6, 6.07) is 7.30. The largest absolute Gasteiger partial charge is 0.363 e. The SMILES string of the molecule is CC(NC(=O)c1ccc(N(C)C)nc1)c1ccncc1. The predicted molar refractivity (Wildman–Crippen MR) is 78.7 cm³/mol. The second-order valence-electron chi connectivity index (χ2n) is 4.78. The van der Waals surface area contributed by atoms with Crippen LogP contribution >= 0.6 is 0 Å². The van der Waals surface area contributed by atoms with Crippen LogP contribution in [0.25, 0.3) is 0 Å². The number of nitrogens with zero attached hydrogens (tertiary/aromatic N) is 3. The van der Waals surface area contributed by atoms with E-state index < -0.39 is 0 Å². The van der Waals surface area contributed by atoms with Crippen molar-refractivity contribution in [2.75, 3.05) is 19.0 Å². The van der Waals surface area contributed by atoms with Crippen LogP contribution in [0.15, 0.2) is 42.9 Å². The topological polar surface area (TPSA) is 58.1 Å². The maximum Gasteiger partial charge on any atom is 0.253 e. The smallest absolute Gasteiger partial charge is 0.253 e. The molecule has 0 saturated heterocycles. The fraction of sp³-hybridized carbons (Fsp3) is 0.267. The van der Waals surface area contributed by atoms with Crippen LogP contribution in [0.4, 0.5) is 5.82 Å². The molecule has 1 amide bonds. The Morgan fingerprint density at radius 3 is 2.45 bits per heavy atom. The van der Waals surface area contributed by atoms with Gasteiger partial charge in [0.05, 0.1) is 11.6 Å². The standard InChI is InChI=1S/C15H18N4O/c1-11(12-6-8-16-9-7-12)18-15(20)13-4-5-14(17-10-13)19(2)3/h4-11H,1-3H3,(H,18,20). The molecule has 5 heteroatoms. The highest BCUT2D eigenvalue weighted by atomic mass is 16.1. The third-order valence-corrected chi connectivity index (χ3v) is 3.02. The molecule has 2 rings (SSSR count). The van der Waals surface area contributed by atoms with Crippen molar-refractivity contribution in [3.63, 3.8) is 0 Å². The molecule has 0 aliphatic carbocycles. The average molecular weight is 270 g/mol. The number of carbonyl (C=O) groups excluding carboxylic acids is 1. The van der Waals surface area contributed by atoms with Crippen molar-refractivity contribution in [1.82, 2.24) is 15.3 Å². The maximum atomic E-state index is 12.1. The van der Waals surface area contributed by atoms with E-state index in [-0.39, 0.29) is 11.9 Å². The van der Waals surface area contributed by atoms with Gasteiger partial charge in [-0.3, -0.25) is 9.78 Å². The summed E-state index contributed by atoms with van der Waals surface area (Å²) in [5.74, 6) is 0.691. The Balaban J connectivity index is 2.05. The zero-order chi connectivity index (χ0) is 14.5. The number of aromatic nitrogens is 2. The van der Waals surface area contributed by atoms with E-state index >= 15 is 0 Å². The molecule has 0 aromatic carbocycles. The average Bonchev–Trinajstić information content (AvgIpc) is 2.48. The predicted octanol–water partition coefficient (Wildman–Crippen LogP) is 2.03. The highest BCUT2D eigenvalue weighted by molar-refractivity contribution is 5.94. The van der Waals surface area contributed by atoms with Gasteiger partial charge in [0.1, 0.15) is 5.82 Å². The van der Waals surface area contributed by atoms with Gasteiger partial charge in [0.25, 0.3) is 5.91 Å². The number of carbonyl (C=O) groups is 1. The van der Waals surface area contributed by atoms with E-state index in [1.807, 2.05) is 44.1 Å². The van der Waals surface area contributed by atoms with Crippen molar-refractivity contribution < 1.29 is 4.79 Å². The fourth-order valence-corrected chi connectivity index (χ4v) is 1.80. The number of nitrogens with one attached hydrogen (secondary N) is 1. The Morgan fingerprint density at radius 2 is 1.90 bits per heavy atom. The second-order valence-corrected chi connectivity index (χ2v) is 4.78. The molecular weight excluding hydrogens is 252 g/mol. The number of amides is 1. The molecule has 2 heterocycles. The van der Waals surface area contributed by atoms with Crippen LogP contribution in [0, 0.1) is 0 Å². The van der Waals surface area contributed by atoms with E-state index in [0.29, 0.717) is 5.56 Å². The monoisotopic (exact) mass is 270 g/mol. The van der Waals surface area contributed by atoms with Gasteiger partial charge in [0.15, 0.2) is 0 Å². The van der Waals surface area contributed by atoms with Gasteiger partial charge in [-0.2, -0.15) is 0 Å². The van der Waals surface area contributed by atoms with Gasteiger partial charge >= 0.3 is 0 Å². The number of rotatable bonds is 4. The molecule has 0 aliphatic rings. The van der Waals surface area contributed by atoms with Gasteiger partial charge in [-0.1, -0.05) is 0 Å². The minimum atomic E-state index is -0.132. The Kier molecular flexibility index (Phi) is 4.30. The molecule has 1 unspecified atom stereocenters. The van der Waals surface area contributed by atoms with Crippen LogP contribution < -0.4 is 10.2 Å². The third kappa shape index (κ3) is 3.32. The zero-order valence-electron chi connectivity index (χ0n) is 11.9. The molecule has 0 spiro atoms. The van der Waals surface area contributed by atoms with E-state index in [2.05, 4.69) is 15.3 Å². The lowest BCUT2D eigenvalue weighted by atomic mass is 10.1. The molecule has 2 aromatic heterocycles. The van der Waals surface area contributed by atoms with Crippen molar-refractivity contribution in [3.8, 4) is 0 Å². The van der Waals surface area contributed by atoms with Crippen LogP contribution in [0.2, 0.25) is 0 Å². The van der Waals surface area contributed by atoms with Gasteiger partial charge in [-0.25, -0.2) is 4.98 Å². The summed E-state index contributed by atoms with van der Waals surface area (Å²) in [6.45, 7) is 1.94. The number of pyridine rings is 2. The Bertz CT molecular complexity index is 566. The van der Waals surface area contributed by atoms with Crippen molar-refractivity contribution in [1.29, 1.82) is 0 Å². The molecule has 104 valence electrons. The summed E-state index contributed by atoms with van der Waals surface area (Å²) in [5.41, 5.74) is 1.57. The summed E-state index contributed by atoms with van der Waals surface area (Å²) in [7, 11) is 3.82. The molecule has 20 heavy (non-hydrogen) atoms. The maximum absolute atomic E-state index is 12.1. The summed E-state index contributed by atoms with van der Waals surface area (Å²) < 4.78 is 0. The third-order valence-electron chi connectivity index (χ3n) is 3.02. The molecular formula is C15H18N4O. The first-order valence-electron chi connectivity index (χ1n) is 6.42. The molecule has 5 nitrogen and oxygen atoms in total. The summed E-state index contributed by atoms with van der Waals surface area (Å²) >= 11 is 0. The minimum absolute atomic E-state index is 0.0703. The highest BCUT2D eigenvalue weighted by Crippen LogP contribution is 2.12. The van der Waals surface area contributed by atoms with Crippen LogP contribution in [0.3, 0.4) is 0 Å². The normalized spacial score (nSPS) is 11.8. The van der Waals surface area contributed by atoms with Gasteiger partial charge in [-0.15, -0.1) is 0 Å². The van der Waals surface area contributed by atoms with Gasteiger partial charge in [-0.05, 0) is 36.8 Å². The van der Waals surface area contributed by atoms with Crippen molar-refractivity contribution >= 4 is 11.7 Å². The van der Waals surface area contributed by atoms with Crippen LogP contribution in [-0.2, 0) is 0 Å². The van der Waals surface area contributed by atoms with E-state index in [9.17, 15) is 4.79 Å². The summed E-state index contributed by atoms with van der Waals surface area (Å²) in [6.07, 6.45) is 5.01. The fourth-order valence-electron chi connectivity index (χ4n) is 1.80. The Labute approximate surface area is 118 Å². The molecule has 1 N–H and O–H groups in total. The van der Waals surface area contributed by atoms with E-state index in [1.165, 1.54) is 0 Å². The molecule has 0 saturated carbocycles. The van der Waals surface area contributed by atoms with E-state index in [1.54, 1.807) is 24.7 Å². The lowest BCUT2D eigenvalue weighted by Gasteiger charge is -2.15. The Hall–Kier alpha value is -2.43. The molecule has 2 aromatic rings. The minimum Gasteiger partial charge on any atom is -0.363 e. The number of hydrogen-bond acceptors (Lipinski definition) is 4. The van der Waals surface area contributed by atoms with Crippen LogP contribution in [0.1, 0.15) is 28.9 Å². The van der Waals surface area contributed by atoms with Crippen molar-refractivity contribution in [2.24, 2.45) is 0 Å². The molecule has 0 bridgehead atoms. The van der Waals surface area contributed by atoms with Gasteiger partial charge in [0, 0.05) is 32.7 Å². The first-order valence-corrected chi connectivity index (χ1v) is 6.42. The molecule has 0 radical (unpaired) electrons. The van der Waals surface area contributed by atoms with E-state index in [4.69, 9.17) is 0 Å². The van der Waals surface area contributed by atoms with Crippen LogP contribution in [0.5, 0.6) is 0 Å². The highest BCUT2D eigenvalue weighted by Gasteiger charge is 2.11. The summed E-state index contributed by atoms with van der Waals surface area (Å²) in [5, 5.41) is 2.94. The second kappa shape index (κ2) is 6.14. The molecule has 1 atom stereocenters. The number of hydrogen-bond donors (Lipinski definition) is 1. The zero-order valence-corrected chi connectivity index (χ0v) is 11.9. The van der Waals surface area contributed by atoms with Crippen LogP contribution in [-0.4, -0.2) is 30.0 Å². The number of anilines is 1. The lowest BCUT2D eigenvalue weighted by Crippen LogP contribution is -2.26. The quantitative estimate of drug-likeness (QED) is 0.923. The van der Waals surface area contributed by atoms with Gasteiger partial charge < -0.3 is 10.2 Å². The Morgan fingerprint density at radius 1 is 1.20 bits per heavy atom. The summed E-state index contributed by atoms with van der Waals surface area (Å²) in [4.78, 5) is 22.2. The van der Waals surface area contributed by atoms with Gasteiger partial charge in [0.2, 0.25) is 0 Å². The van der Waals surface area contributed by atoms with Crippen molar-refractivity contribution in [2.45, 2.75) is 13.0 Å².